The fourth-order valence-corrected chi connectivity index (χ4v) is 2.56. The smallest absolute Gasteiger partial charge is 0.191 e. The van der Waals surface area contributed by atoms with Crippen LogP contribution >= 0.6 is 11.8 Å². The third kappa shape index (κ3) is 5.44. The lowest BCUT2D eigenvalue weighted by Gasteiger charge is -2.05. The molecule has 1 aliphatic heterocycles. The maximum Gasteiger partial charge on any atom is 0.191 e. The van der Waals surface area contributed by atoms with Crippen LogP contribution in [0.15, 0.2) is 21.5 Å². The Labute approximate surface area is 123 Å². The van der Waals surface area contributed by atoms with Crippen LogP contribution in [-0.2, 0) is 12.3 Å². The summed E-state index contributed by atoms with van der Waals surface area (Å²) in [6.45, 7) is 4.12. The van der Waals surface area contributed by atoms with Crippen molar-refractivity contribution in [3.63, 3.8) is 0 Å². The van der Waals surface area contributed by atoms with Crippen LogP contribution in [0.4, 0.5) is 0 Å². The van der Waals surface area contributed by atoms with Gasteiger partial charge in [0.05, 0.1) is 25.4 Å². The van der Waals surface area contributed by atoms with Gasteiger partial charge < -0.3 is 25.5 Å². The Morgan fingerprint density at radius 1 is 1.35 bits per heavy atom. The SMILES string of the molecule is OCCNCc1ccc(CSCCNC2=NCCN2)o1. The second-order valence-electron chi connectivity index (χ2n) is 4.40. The molecule has 112 valence electrons. The number of nitrogens with one attached hydrogen (secondary N) is 3. The van der Waals surface area contributed by atoms with Crippen LogP contribution in [0.25, 0.3) is 0 Å². The van der Waals surface area contributed by atoms with Crippen molar-refractivity contribution in [3.8, 4) is 0 Å². The third-order valence-electron chi connectivity index (χ3n) is 2.76. The molecule has 7 heteroatoms. The standard InChI is InChI=1S/C13H22N4O2S/c18-7-5-14-9-11-1-2-12(19-11)10-20-8-6-17-13-15-3-4-16-13/h1-2,14,18H,3-10H2,(H2,15,16,17). The Balaban J connectivity index is 1.54. The second kappa shape index (κ2) is 8.89. The summed E-state index contributed by atoms with van der Waals surface area (Å²) in [5, 5.41) is 18.2. The molecule has 0 atom stereocenters. The maximum absolute atomic E-state index is 8.68. The van der Waals surface area contributed by atoms with Crippen LogP contribution in [-0.4, -0.2) is 49.6 Å². The normalized spacial score (nSPS) is 14.2. The van der Waals surface area contributed by atoms with Crippen LogP contribution in [0.2, 0.25) is 0 Å². The van der Waals surface area contributed by atoms with E-state index in [0.29, 0.717) is 13.1 Å². The highest BCUT2D eigenvalue weighted by Gasteiger charge is 2.04. The van der Waals surface area contributed by atoms with E-state index in [1.165, 1.54) is 0 Å². The van der Waals surface area contributed by atoms with Gasteiger partial charge in [-0.05, 0) is 12.1 Å². The number of aliphatic imine (C=N–C) groups is 1. The largest absolute Gasteiger partial charge is 0.464 e. The van der Waals surface area contributed by atoms with Gasteiger partial charge in [-0.2, -0.15) is 11.8 Å². The lowest BCUT2D eigenvalue weighted by Crippen LogP contribution is -2.35. The van der Waals surface area contributed by atoms with Gasteiger partial charge >= 0.3 is 0 Å². The molecular weight excluding hydrogens is 276 g/mol. The second-order valence-corrected chi connectivity index (χ2v) is 5.51. The summed E-state index contributed by atoms with van der Waals surface area (Å²) < 4.78 is 5.69. The number of furan rings is 1. The minimum absolute atomic E-state index is 0.149. The van der Waals surface area contributed by atoms with Crippen molar-refractivity contribution >= 4 is 17.7 Å². The van der Waals surface area contributed by atoms with Crippen molar-refractivity contribution in [3.05, 3.63) is 23.7 Å². The fraction of sp³-hybridized carbons (Fsp3) is 0.615. The summed E-state index contributed by atoms with van der Waals surface area (Å²) in [4.78, 5) is 4.27. The zero-order valence-corrected chi connectivity index (χ0v) is 12.3. The van der Waals surface area contributed by atoms with E-state index in [0.717, 1.165) is 48.6 Å². The molecule has 0 amide bonds. The first-order chi connectivity index (χ1) is 9.88. The monoisotopic (exact) mass is 298 g/mol. The number of guanidine groups is 1. The number of nitrogens with zero attached hydrogens (tertiary/aromatic N) is 1. The summed E-state index contributed by atoms with van der Waals surface area (Å²) in [5.41, 5.74) is 0. The molecule has 0 aromatic carbocycles. The number of thioether (sulfide) groups is 1. The molecule has 2 heterocycles. The molecule has 0 spiro atoms. The summed E-state index contributed by atoms with van der Waals surface area (Å²) in [6.07, 6.45) is 0. The van der Waals surface area contributed by atoms with E-state index in [1.807, 2.05) is 23.9 Å². The van der Waals surface area contributed by atoms with E-state index in [9.17, 15) is 0 Å². The average molecular weight is 298 g/mol. The minimum atomic E-state index is 0.149. The predicted octanol–water partition coefficient (Wildman–Crippen LogP) is 0.144. The molecule has 1 aromatic rings. The Hall–Kier alpha value is -1.18. The molecule has 0 saturated carbocycles. The molecule has 0 unspecified atom stereocenters. The highest BCUT2D eigenvalue weighted by Crippen LogP contribution is 2.15. The van der Waals surface area contributed by atoms with E-state index < -0.39 is 0 Å². The third-order valence-corrected chi connectivity index (χ3v) is 3.74. The zero-order valence-electron chi connectivity index (χ0n) is 11.5. The van der Waals surface area contributed by atoms with Crippen LogP contribution in [0.5, 0.6) is 0 Å². The summed E-state index contributed by atoms with van der Waals surface area (Å²) in [5.74, 6) is 4.71. The number of aliphatic hydroxyl groups is 1. The van der Waals surface area contributed by atoms with Crippen molar-refractivity contribution in [2.24, 2.45) is 4.99 Å². The van der Waals surface area contributed by atoms with Gasteiger partial charge in [0.2, 0.25) is 0 Å². The maximum atomic E-state index is 8.68. The van der Waals surface area contributed by atoms with Gasteiger partial charge in [-0.3, -0.25) is 4.99 Å². The van der Waals surface area contributed by atoms with Gasteiger partial charge in [0.15, 0.2) is 5.96 Å². The number of aliphatic hydroxyl groups excluding tert-OH is 1. The molecule has 1 aliphatic rings. The molecule has 0 radical (unpaired) electrons. The first-order valence-corrected chi connectivity index (χ1v) is 8.03. The van der Waals surface area contributed by atoms with Crippen molar-refractivity contribution in [2.45, 2.75) is 12.3 Å². The van der Waals surface area contributed by atoms with Gasteiger partial charge in [-0.1, -0.05) is 0 Å². The molecule has 0 saturated heterocycles. The Bertz CT molecular complexity index is 422. The highest BCUT2D eigenvalue weighted by molar-refractivity contribution is 7.98. The van der Waals surface area contributed by atoms with Crippen LogP contribution in [0, 0.1) is 0 Å². The van der Waals surface area contributed by atoms with Gasteiger partial charge in [0.25, 0.3) is 0 Å². The Morgan fingerprint density at radius 2 is 2.25 bits per heavy atom. The minimum Gasteiger partial charge on any atom is -0.464 e. The van der Waals surface area contributed by atoms with Gasteiger partial charge in [0.1, 0.15) is 11.5 Å². The zero-order chi connectivity index (χ0) is 14.0. The molecule has 0 fully saturated rings. The summed E-state index contributed by atoms with van der Waals surface area (Å²) in [7, 11) is 0. The number of hydrogen-bond donors (Lipinski definition) is 4. The topological polar surface area (TPSA) is 81.8 Å². The summed E-state index contributed by atoms with van der Waals surface area (Å²) >= 11 is 1.83. The molecule has 2 rings (SSSR count). The van der Waals surface area contributed by atoms with Crippen molar-refractivity contribution in [1.29, 1.82) is 0 Å². The Kier molecular flexibility index (Phi) is 6.76. The highest BCUT2D eigenvalue weighted by atomic mass is 32.2. The quantitative estimate of drug-likeness (QED) is 0.486. The van der Waals surface area contributed by atoms with Crippen LogP contribution in [0.1, 0.15) is 11.5 Å². The Morgan fingerprint density at radius 3 is 3.05 bits per heavy atom. The van der Waals surface area contributed by atoms with E-state index in [4.69, 9.17) is 9.52 Å². The van der Waals surface area contributed by atoms with E-state index in [1.54, 1.807) is 0 Å². The molecule has 20 heavy (non-hydrogen) atoms. The molecule has 0 bridgehead atoms. The van der Waals surface area contributed by atoms with Gasteiger partial charge in [-0.25, -0.2) is 0 Å². The predicted molar refractivity (Wildman–Crippen MR) is 82.0 cm³/mol. The molecule has 4 N–H and O–H groups in total. The van der Waals surface area contributed by atoms with Gasteiger partial charge in [0, 0.05) is 25.4 Å². The number of rotatable bonds is 9. The number of hydrogen-bond acceptors (Lipinski definition) is 7. The van der Waals surface area contributed by atoms with Crippen LogP contribution < -0.4 is 16.0 Å². The van der Waals surface area contributed by atoms with Crippen molar-refractivity contribution < 1.29 is 9.52 Å². The molecule has 6 nitrogen and oxygen atoms in total. The van der Waals surface area contributed by atoms with E-state index in [2.05, 4.69) is 20.9 Å². The fourth-order valence-electron chi connectivity index (χ4n) is 1.82. The molecule has 1 aromatic heterocycles. The summed E-state index contributed by atoms with van der Waals surface area (Å²) in [6, 6.07) is 3.99. The van der Waals surface area contributed by atoms with Crippen molar-refractivity contribution in [1.82, 2.24) is 16.0 Å². The lowest BCUT2D eigenvalue weighted by molar-refractivity contribution is 0.289. The molecule has 0 aliphatic carbocycles. The first-order valence-electron chi connectivity index (χ1n) is 6.87. The average Bonchev–Trinajstić information content (AvgIpc) is 3.10. The van der Waals surface area contributed by atoms with E-state index in [-0.39, 0.29) is 6.61 Å². The lowest BCUT2D eigenvalue weighted by atomic mass is 10.4. The van der Waals surface area contributed by atoms with Crippen molar-refractivity contribution in [2.75, 3.05) is 38.5 Å². The first kappa shape index (κ1) is 15.2. The van der Waals surface area contributed by atoms with E-state index >= 15 is 0 Å². The van der Waals surface area contributed by atoms with Crippen LogP contribution in [0.3, 0.4) is 0 Å². The van der Waals surface area contributed by atoms with Gasteiger partial charge in [-0.15, -0.1) is 0 Å². The molecular formula is C13H22N4O2S.